The number of hydrogen-bond donors (Lipinski definition) is 3. The van der Waals surface area contributed by atoms with Crippen molar-refractivity contribution in [1.82, 2.24) is 9.97 Å². The van der Waals surface area contributed by atoms with Crippen molar-refractivity contribution in [2.75, 3.05) is 22.8 Å². The Bertz CT molecular complexity index is 569. The minimum Gasteiger partial charge on any atom is -0.366 e. The molecule has 0 spiro atoms. The second-order valence-corrected chi connectivity index (χ2v) is 6.56. The lowest BCUT2D eigenvalue weighted by molar-refractivity contribution is 0.771. The maximum atomic E-state index is 5.47. The molecule has 2 heterocycles. The molecule has 0 aliphatic rings. The van der Waals surface area contributed by atoms with Gasteiger partial charge in [-0.2, -0.15) is 16.7 Å². The van der Waals surface area contributed by atoms with Crippen LogP contribution in [0.4, 0.5) is 11.8 Å². The van der Waals surface area contributed by atoms with Crippen LogP contribution in [0.1, 0.15) is 25.1 Å². The second kappa shape index (κ2) is 7.10. The Hall–Kier alpha value is -1.05. The number of rotatable bonds is 7. The van der Waals surface area contributed by atoms with Gasteiger partial charge in [0, 0.05) is 16.7 Å². The van der Waals surface area contributed by atoms with E-state index in [0.717, 1.165) is 34.6 Å². The Labute approximate surface area is 127 Å². The molecule has 0 aromatic carbocycles. The number of nitrogens with two attached hydrogens (primary N) is 1. The fourth-order valence-corrected chi connectivity index (χ4v) is 3.66. The molecule has 0 fully saturated rings. The number of nitrogen functional groups attached to an aromatic ring is 1. The van der Waals surface area contributed by atoms with Crippen molar-refractivity contribution in [3.63, 3.8) is 0 Å². The molecule has 7 heteroatoms. The standard InChI is InChI=1S/C13H21N5S2/c1-4-8(7-19-3)15-11-10-6-9(5-2)20-12(10)17-13(16-11)18-14/h6,8H,4-5,7,14H2,1-3H3,(H2,15,16,17,18). The van der Waals surface area contributed by atoms with Gasteiger partial charge in [-0.05, 0) is 25.2 Å². The topological polar surface area (TPSA) is 75.9 Å². The van der Waals surface area contributed by atoms with Crippen molar-refractivity contribution in [2.45, 2.75) is 32.7 Å². The zero-order chi connectivity index (χ0) is 14.5. The first kappa shape index (κ1) is 15.3. The number of nitrogens with one attached hydrogen (secondary N) is 2. The van der Waals surface area contributed by atoms with E-state index in [4.69, 9.17) is 5.84 Å². The Morgan fingerprint density at radius 2 is 2.20 bits per heavy atom. The molecule has 2 rings (SSSR count). The fourth-order valence-electron chi connectivity index (χ4n) is 1.98. The van der Waals surface area contributed by atoms with Crippen LogP contribution in [-0.2, 0) is 6.42 Å². The number of anilines is 2. The molecule has 2 aromatic rings. The van der Waals surface area contributed by atoms with Gasteiger partial charge in [0.15, 0.2) is 0 Å². The van der Waals surface area contributed by atoms with E-state index in [1.54, 1.807) is 11.3 Å². The molecule has 5 nitrogen and oxygen atoms in total. The highest BCUT2D eigenvalue weighted by molar-refractivity contribution is 7.98. The van der Waals surface area contributed by atoms with Gasteiger partial charge in [-0.3, -0.25) is 5.43 Å². The van der Waals surface area contributed by atoms with Crippen molar-refractivity contribution in [1.29, 1.82) is 0 Å². The molecule has 1 unspecified atom stereocenters. The van der Waals surface area contributed by atoms with Crippen LogP contribution >= 0.6 is 23.1 Å². The van der Waals surface area contributed by atoms with Crippen LogP contribution in [0.25, 0.3) is 10.2 Å². The number of fused-ring (bicyclic) bond motifs is 1. The van der Waals surface area contributed by atoms with Crippen molar-refractivity contribution in [3.05, 3.63) is 10.9 Å². The summed E-state index contributed by atoms with van der Waals surface area (Å²) in [4.78, 5) is 11.2. The Morgan fingerprint density at radius 3 is 2.80 bits per heavy atom. The van der Waals surface area contributed by atoms with Crippen LogP contribution in [0.3, 0.4) is 0 Å². The summed E-state index contributed by atoms with van der Waals surface area (Å²) in [6, 6.07) is 2.58. The summed E-state index contributed by atoms with van der Waals surface area (Å²) in [5.41, 5.74) is 2.55. The van der Waals surface area contributed by atoms with Gasteiger partial charge in [0.05, 0.1) is 5.39 Å². The number of thiophene rings is 1. The Balaban J connectivity index is 2.40. The monoisotopic (exact) mass is 311 g/mol. The number of aryl methyl sites for hydroxylation is 1. The molecule has 2 aromatic heterocycles. The summed E-state index contributed by atoms with van der Waals surface area (Å²) in [7, 11) is 0. The van der Waals surface area contributed by atoms with Crippen LogP contribution in [0.15, 0.2) is 6.07 Å². The molecule has 0 aliphatic heterocycles. The number of nitrogens with zero attached hydrogens (tertiary/aromatic N) is 2. The van der Waals surface area contributed by atoms with Gasteiger partial charge in [-0.15, -0.1) is 11.3 Å². The number of thioether (sulfide) groups is 1. The summed E-state index contributed by atoms with van der Waals surface area (Å²) in [5.74, 6) is 7.86. The van der Waals surface area contributed by atoms with Gasteiger partial charge in [0.2, 0.25) is 5.95 Å². The number of hydrogen-bond acceptors (Lipinski definition) is 7. The molecular formula is C13H21N5S2. The maximum absolute atomic E-state index is 5.47. The van der Waals surface area contributed by atoms with E-state index >= 15 is 0 Å². The summed E-state index contributed by atoms with van der Waals surface area (Å²) >= 11 is 3.53. The molecule has 0 radical (unpaired) electrons. The van der Waals surface area contributed by atoms with Gasteiger partial charge in [0.25, 0.3) is 0 Å². The first-order chi connectivity index (χ1) is 9.71. The van der Waals surface area contributed by atoms with E-state index in [1.165, 1.54) is 4.88 Å². The average molecular weight is 311 g/mol. The third kappa shape index (κ3) is 3.34. The van der Waals surface area contributed by atoms with Crippen LogP contribution in [-0.4, -0.2) is 28.0 Å². The van der Waals surface area contributed by atoms with Crippen LogP contribution in [0.5, 0.6) is 0 Å². The van der Waals surface area contributed by atoms with E-state index in [2.05, 4.69) is 46.9 Å². The minimum absolute atomic E-state index is 0.402. The lowest BCUT2D eigenvalue weighted by atomic mass is 10.2. The third-order valence-electron chi connectivity index (χ3n) is 3.12. The van der Waals surface area contributed by atoms with Crippen molar-refractivity contribution < 1.29 is 0 Å². The van der Waals surface area contributed by atoms with Crippen LogP contribution < -0.4 is 16.6 Å². The predicted molar refractivity (Wildman–Crippen MR) is 90.7 cm³/mol. The average Bonchev–Trinajstić information content (AvgIpc) is 2.89. The normalized spacial score (nSPS) is 12.6. The Morgan fingerprint density at radius 1 is 1.40 bits per heavy atom. The highest BCUT2D eigenvalue weighted by atomic mass is 32.2. The number of hydrazine groups is 1. The predicted octanol–water partition coefficient (Wildman–Crippen LogP) is 3.09. The van der Waals surface area contributed by atoms with Gasteiger partial charge in [-0.25, -0.2) is 10.8 Å². The van der Waals surface area contributed by atoms with Crippen molar-refractivity contribution in [2.24, 2.45) is 5.84 Å². The zero-order valence-electron chi connectivity index (χ0n) is 12.1. The van der Waals surface area contributed by atoms with Crippen molar-refractivity contribution >= 4 is 45.1 Å². The molecule has 0 amide bonds. The molecule has 0 bridgehead atoms. The summed E-state index contributed by atoms with van der Waals surface area (Å²) in [5, 5.41) is 4.61. The molecule has 4 N–H and O–H groups in total. The zero-order valence-corrected chi connectivity index (χ0v) is 13.7. The van der Waals surface area contributed by atoms with Gasteiger partial charge in [-0.1, -0.05) is 13.8 Å². The molecule has 20 heavy (non-hydrogen) atoms. The van der Waals surface area contributed by atoms with Crippen molar-refractivity contribution in [3.8, 4) is 0 Å². The summed E-state index contributed by atoms with van der Waals surface area (Å²) in [6.45, 7) is 4.33. The Kier molecular flexibility index (Phi) is 5.45. The first-order valence-corrected chi connectivity index (χ1v) is 8.95. The minimum atomic E-state index is 0.402. The highest BCUT2D eigenvalue weighted by Crippen LogP contribution is 2.30. The SMILES string of the molecule is CCc1cc2c(NC(CC)CSC)nc(NN)nc2s1. The third-order valence-corrected chi connectivity index (χ3v) is 5.03. The maximum Gasteiger partial charge on any atom is 0.240 e. The molecule has 0 aliphatic carbocycles. The van der Waals surface area contributed by atoms with Crippen LogP contribution in [0.2, 0.25) is 0 Å². The van der Waals surface area contributed by atoms with E-state index in [9.17, 15) is 0 Å². The van der Waals surface area contributed by atoms with E-state index in [0.29, 0.717) is 12.0 Å². The molecule has 110 valence electrons. The lowest BCUT2D eigenvalue weighted by Crippen LogP contribution is -2.22. The molecular weight excluding hydrogens is 290 g/mol. The second-order valence-electron chi connectivity index (χ2n) is 4.53. The summed E-state index contributed by atoms with van der Waals surface area (Å²) in [6.07, 6.45) is 4.18. The quantitative estimate of drug-likeness (QED) is 0.539. The van der Waals surface area contributed by atoms with E-state index < -0.39 is 0 Å². The first-order valence-electron chi connectivity index (χ1n) is 6.74. The highest BCUT2D eigenvalue weighted by Gasteiger charge is 2.14. The smallest absolute Gasteiger partial charge is 0.240 e. The van der Waals surface area contributed by atoms with E-state index in [1.807, 2.05) is 11.8 Å². The number of aromatic nitrogens is 2. The fraction of sp³-hybridized carbons (Fsp3) is 0.538. The van der Waals surface area contributed by atoms with E-state index in [-0.39, 0.29) is 0 Å². The molecule has 0 saturated heterocycles. The molecule has 1 atom stereocenters. The van der Waals surface area contributed by atoms with Gasteiger partial charge >= 0.3 is 0 Å². The van der Waals surface area contributed by atoms with Gasteiger partial charge < -0.3 is 5.32 Å². The lowest BCUT2D eigenvalue weighted by Gasteiger charge is -2.17. The van der Waals surface area contributed by atoms with Gasteiger partial charge in [0.1, 0.15) is 10.6 Å². The van der Waals surface area contributed by atoms with Crippen LogP contribution in [0, 0.1) is 0 Å². The summed E-state index contributed by atoms with van der Waals surface area (Å²) < 4.78 is 0. The molecule has 0 saturated carbocycles. The largest absolute Gasteiger partial charge is 0.366 e.